The number of ether oxygens (including phenoxy) is 1. The number of nitrogens with zero attached hydrogens (tertiary/aromatic N) is 3. The molecule has 178 valence electrons. The van der Waals surface area contributed by atoms with Crippen molar-refractivity contribution in [3.05, 3.63) is 59.6 Å². The zero-order chi connectivity index (χ0) is 23.4. The van der Waals surface area contributed by atoms with Gasteiger partial charge in [-0.2, -0.15) is 0 Å². The molecular formula is C27H31N3O3S. The highest BCUT2D eigenvalue weighted by molar-refractivity contribution is 7.18. The zero-order valence-electron chi connectivity index (χ0n) is 19.4. The van der Waals surface area contributed by atoms with Gasteiger partial charge in [-0.25, -0.2) is 4.98 Å². The summed E-state index contributed by atoms with van der Waals surface area (Å²) < 4.78 is 6.83. The van der Waals surface area contributed by atoms with E-state index in [4.69, 9.17) is 9.72 Å². The van der Waals surface area contributed by atoms with Gasteiger partial charge in [-0.05, 0) is 37.1 Å². The van der Waals surface area contributed by atoms with E-state index in [-0.39, 0.29) is 18.5 Å². The summed E-state index contributed by atoms with van der Waals surface area (Å²) in [5.74, 6) is -0.338. The third-order valence-electron chi connectivity index (χ3n) is 7.15. The minimum Gasteiger partial charge on any atom is -0.455 e. The molecule has 1 aliphatic carbocycles. The van der Waals surface area contributed by atoms with Gasteiger partial charge in [-0.15, -0.1) is 11.3 Å². The fourth-order valence-electron chi connectivity index (χ4n) is 5.19. The first-order valence-corrected chi connectivity index (χ1v) is 13.0. The summed E-state index contributed by atoms with van der Waals surface area (Å²) >= 11 is 1.65. The molecule has 1 aliphatic heterocycles. The van der Waals surface area contributed by atoms with Crippen LogP contribution in [-0.2, 0) is 20.7 Å². The highest BCUT2D eigenvalue weighted by Crippen LogP contribution is 2.41. The van der Waals surface area contributed by atoms with Crippen LogP contribution in [0.2, 0.25) is 0 Å². The van der Waals surface area contributed by atoms with E-state index in [9.17, 15) is 9.59 Å². The Morgan fingerprint density at radius 1 is 0.912 bits per heavy atom. The lowest BCUT2D eigenvalue weighted by molar-refractivity contribution is -0.163. The number of esters is 1. The zero-order valence-corrected chi connectivity index (χ0v) is 20.3. The Morgan fingerprint density at radius 2 is 1.62 bits per heavy atom. The molecule has 3 aromatic rings. The fraction of sp³-hybridized carbons (Fsp3) is 0.444. The summed E-state index contributed by atoms with van der Waals surface area (Å²) in [7, 11) is 0. The monoisotopic (exact) mass is 477 g/mol. The number of anilines is 1. The number of carbonyl (C=O) groups excluding carboxylic acids is 2. The summed E-state index contributed by atoms with van der Waals surface area (Å²) in [6, 6.07) is 18.3. The van der Waals surface area contributed by atoms with Crippen molar-refractivity contribution in [3.8, 4) is 0 Å². The van der Waals surface area contributed by atoms with Crippen LogP contribution in [0.5, 0.6) is 0 Å². The predicted molar refractivity (Wildman–Crippen MR) is 135 cm³/mol. The van der Waals surface area contributed by atoms with Crippen LogP contribution in [0.15, 0.2) is 54.6 Å². The van der Waals surface area contributed by atoms with Crippen LogP contribution in [-0.4, -0.2) is 54.5 Å². The van der Waals surface area contributed by atoms with Crippen LogP contribution >= 0.6 is 11.3 Å². The molecule has 0 unspecified atom stereocenters. The first-order valence-electron chi connectivity index (χ1n) is 12.2. The van der Waals surface area contributed by atoms with Gasteiger partial charge >= 0.3 is 5.97 Å². The number of piperazine rings is 1. The third-order valence-corrected chi connectivity index (χ3v) is 8.19. The van der Waals surface area contributed by atoms with Gasteiger partial charge in [0.1, 0.15) is 0 Å². The molecule has 1 saturated heterocycles. The molecule has 5 rings (SSSR count). The lowest BCUT2D eigenvalue weighted by atomic mass is 9.72. The molecule has 34 heavy (non-hydrogen) atoms. The first kappa shape index (κ1) is 22.8. The second-order valence-corrected chi connectivity index (χ2v) is 10.5. The van der Waals surface area contributed by atoms with Crippen molar-refractivity contribution in [2.24, 2.45) is 5.41 Å². The first-order chi connectivity index (χ1) is 16.6. The molecule has 1 saturated carbocycles. The number of carbonyl (C=O) groups is 2. The van der Waals surface area contributed by atoms with E-state index in [2.05, 4.69) is 23.1 Å². The van der Waals surface area contributed by atoms with Gasteiger partial charge in [0, 0.05) is 38.3 Å². The highest BCUT2D eigenvalue weighted by atomic mass is 32.1. The maximum atomic E-state index is 13.3. The van der Waals surface area contributed by atoms with Crippen LogP contribution in [0.1, 0.15) is 37.1 Å². The van der Waals surface area contributed by atoms with Crippen LogP contribution in [0.25, 0.3) is 10.2 Å². The van der Waals surface area contributed by atoms with Crippen molar-refractivity contribution < 1.29 is 14.3 Å². The van der Waals surface area contributed by atoms with Gasteiger partial charge in [0.25, 0.3) is 5.91 Å². The molecule has 1 aromatic heterocycles. The average molecular weight is 478 g/mol. The molecule has 2 aromatic carbocycles. The molecule has 0 atom stereocenters. The minimum atomic E-state index is -0.571. The number of rotatable bonds is 6. The molecule has 2 heterocycles. The summed E-state index contributed by atoms with van der Waals surface area (Å²) in [6.07, 6.45) is 5.34. The van der Waals surface area contributed by atoms with Gasteiger partial charge < -0.3 is 14.5 Å². The number of thiazole rings is 1. The van der Waals surface area contributed by atoms with Crippen molar-refractivity contribution in [3.63, 3.8) is 0 Å². The van der Waals surface area contributed by atoms with Crippen molar-refractivity contribution in [2.45, 2.75) is 38.5 Å². The fourth-order valence-corrected chi connectivity index (χ4v) is 6.30. The van der Waals surface area contributed by atoms with E-state index in [1.807, 2.05) is 41.3 Å². The Morgan fingerprint density at radius 3 is 2.35 bits per heavy atom. The van der Waals surface area contributed by atoms with Crippen LogP contribution in [0.4, 0.5) is 5.69 Å². The number of benzene rings is 2. The van der Waals surface area contributed by atoms with Gasteiger partial charge in [-0.1, -0.05) is 49.6 Å². The summed E-state index contributed by atoms with van der Waals surface area (Å²) in [6.45, 7) is 2.67. The largest absolute Gasteiger partial charge is 0.455 e. The van der Waals surface area contributed by atoms with Crippen molar-refractivity contribution >= 4 is 39.1 Å². The number of fused-ring (bicyclic) bond motifs is 1. The molecule has 1 amide bonds. The maximum absolute atomic E-state index is 13.3. The topological polar surface area (TPSA) is 62.7 Å². The smallest absolute Gasteiger partial charge is 0.313 e. The second-order valence-electron chi connectivity index (χ2n) is 9.37. The van der Waals surface area contributed by atoms with E-state index in [1.54, 1.807) is 11.3 Å². The Bertz CT molecular complexity index is 1100. The second kappa shape index (κ2) is 10.1. The van der Waals surface area contributed by atoms with Gasteiger partial charge in [0.05, 0.1) is 20.6 Å². The standard InChI is InChI=1S/C27H31N3O3S/c31-25(30-17-15-29(16-18-30)21-9-3-1-4-10-21)20-33-26(32)27(13-7-2-8-14-27)19-24-28-22-11-5-6-12-23(22)34-24/h1,3-6,9-12H,2,7-8,13-20H2. The van der Waals surface area contributed by atoms with Crippen molar-refractivity contribution in [1.82, 2.24) is 9.88 Å². The molecule has 7 heteroatoms. The summed E-state index contributed by atoms with van der Waals surface area (Å²) in [5, 5.41) is 0.975. The van der Waals surface area contributed by atoms with Crippen LogP contribution in [0.3, 0.4) is 0 Å². The Balaban J connectivity index is 1.19. The quantitative estimate of drug-likeness (QED) is 0.483. The van der Waals surface area contributed by atoms with Crippen molar-refractivity contribution in [2.75, 3.05) is 37.7 Å². The summed E-state index contributed by atoms with van der Waals surface area (Å²) in [5.41, 5.74) is 1.58. The van der Waals surface area contributed by atoms with Gasteiger partial charge in [-0.3, -0.25) is 9.59 Å². The number of hydrogen-bond donors (Lipinski definition) is 0. The molecule has 0 spiro atoms. The number of aromatic nitrogens is 1. The molecule has 2 fully saturated rings. The Labute approximate surface area is 204 Å². The minimum absolute atomic E-state index is 0.105. The highest BCUT2D eigenvalue weighted by Gasteiger charge is 2.42. The van der Waals surface area contributed by atoms with E-state index in [0.717, 1.165) is 60.4 Å². The van der Waals surface area contributed by atoms with Crippen LogP contribution < -0.4 is 4.90 Å². The van der Waals surface area contributed by atoms with E-state index in [1.165, 1.54) is 5.69 Å². The van der Waals surface area contributed by atoms with Gasteiger partial charge in [0.15, 0.2) is 6.61 Å². The molecule has 2 aliphatic rings. The molecular weight excluding hydrogens is 446 g/mol. The van der Waals surface area contributed by atoms with E-state index >= 15 is 0 Å². The van der Waals surface area contributed by atoms with Crippen LogP contribution in [0, 0.1) is 5.41 Å². The Kier molecular flexibility index (Phi) is 6.81. The number of amides is 1. The maximum Gasteiger partial charge on any atom is 0.313 e. The number of para-hydroxylation sites is 2. The molecule has 0 N–H and O–H groups in total. The average Bonchev–Trinajstić information content (AvgIpc) is 3.30. The molecule has 0 radical (unpaired) electrons. The Hall–Kier alpha value is -2.93. The third kappa shape index (κ3) is 4.94. The molecule has 6 nitrogen and oxygen atoms in total. The molecule has 0 bridgehead atoms. The SMILES string of the molecule is O=C(COC(=O)C1(Cc2nc3ccccc3s2)CCCCC1)N1CCN(c2ccccc2)CC1. The lowest BCUT2D eigenvalue weighted by Gasteiger charge is -2.37. The van der Waals surface area contributed by atoms with Gasteiger partial charge in [0.2, 0.25) is 0 Å². The summed E-state index contributed by atoms with van der Waals surface area (Å²) in [4.78, 5) is 35.0. The normalized spacial score (nSPS) is 18.1. The predicted octanol–water partition coefficient (Wildman–Crippen LogP) is 4.68. The van der Waals surface area contributed by atoms with E-state index < -0.39 is 5.41 Å². The number of hydrogen-bond acceptors (Lipinski definition) is 6. The lowest BCUT2D eigenvalue weighted by Crippen LogP contribution is -2.50. The van der Waals surface area contributed by atoms with Crippen molar-refractivity contribution in [1.29, 1.82) is 0 Å². The van der Waals surface area contributed by atoms with E-state index in [0.29, 0.717) is 19.5 Å².